The van der Waals surface area contributed by atoms with Gasteiger partial charge in [0.05, 0.1) is 13.2 Å². The zero-order valence-electron chi connectivity index (χ0n) is 19.3. The van der Waals surface area contributed by atoms with Crippen LogP contribution in [-0.4, -0.2) is 77.7 Å². The molecule has 4 rings (SSSR count). The van der Waals surface area contributed by atoms with Gasteiger partial charge >= 0.3 is 0 Å². The quantitative estimate of drug-likeness (QED) is 0.628. The van der Waals surface area contributed by atoms with E-state index in [0.29, 0.717) is 12.2 Å². The Bertz CT molecular complexity index is 1030. The molecular formula is C25H33N5O3. The molecule has 0 unspecified atom stereocenters. The summed E-state index contributed by atoms with van der Waals surface area (Å²) in [6.07, 6.45) is 9.83. The molecule has 4 heterocycles. The Morgan fingerprint density at radius 3 is 2.94 bits per heavy atom. The zero-order valence-corrected chi connectivity index (χ0v) is 19.3. The molecule has 0 bridgehead atoms. The number of pyridine rings is 2. The number of amides is 1. The van der Waals surface area contributed by atoms with Gasteiger partial charge in [0.15, 0.2) is 0 Å². The summed E-state index contributed by atoms with van der Waals surface area (Å²) in [5.74, 6) is 0.0290. The lowest BCUT2D eigenvalue weighted by molar-refractivity contribution is -0.127. The maximum atomic E-state index is 12.7. The maximum absolute atomic E-state index is 12.7. The zero-order chi connectivity index (χ0) is 23.0. The van der Waals surface area contributed by atoms with Crippen molar-refractivity contribution in [1.29, 1.82) is 0 Å². The van der Waals surface area contributed by atoms with Crippen LogP contribution in [-0.2, 0) is 16.0 Å². The molecule has 0 radical (unpaired) electrons. The predicted octanol–water partition coefficient (Wildman–Crippen LogP) is 2.29. The smallest absolute Gasteiger partial charge is 0.271 e. The number of morpholine rings is 1. The van der Waals surface area contributed by atoms with E-state index in [-0.39, 0.29) is 17.5 Å². The van der Waals surface area contributed by atoms with Crippen LogP contribution in [0.4, 0.5) is 5.69 Å². The number of likely N-dealkylation sites (tertiary alicyclic amines) is 1. The van der Waals surface area contributed by atoms with E-state index < -0.39 is 0 Å². The van der Waals surface area contributed by atoms with Crippen LogP contribution in [0.25, 0.3) is 11.1 Å². The number of ether oxygens (including phenoxy) is 1. The van der Waals surface area contributed by atoms with Crippen molar-refractivity contribution >= 4 is 11.6 Å². The summed E-state index contributed by atoms with van der Waals surface area (Å²) < 4.78 is 5.36. The largest absolute Gasteiger partial charge is 0.379 e. The minimum atomic E-state index is -0.155. The van der Waals surface area contributed by atoms with Crippen LogP contribution in [0.3, 0.4) is 0 Å². The number of hydrogen-bond donors (Lipinski definition) is 2. The van der Waals surface area contributed by atoms with E-state index in [2.05, 4.69) is 27.1 Å². The summed E-state index contributed by atoms with van der Waals surface area (Å²) in [6, 6.07) is 5.91. The Morgan fingerprint density at radius 2 is 2.12 bits per heavy atom. The second-order valence-corrected chi connectivity index (χ2v) is 8.60. The van der Waals surface area contributed by atoms with E-state index in [1.807, 2.05) is 29.2 Å². The fraction of sp³-hybridized carbons (Fsp3) is 0.480. The van der Waals surface area contributed by atoms with Gasteiger partial charge in [-0.2, -0.15) is 0 Å². The lowest BCUT2D eigenvalue weighted by Gasteiger charge is -2.33. The van der Waals surface area contributed by atoms with Crippen molar-refractivity contribution in [1.82, 2.24) is 19.8 Å². The molecule has 1 atom stereocenters. The Hall–Kier alpha value is -2.97. The predicted molar refractivity (Wildman–Crippen MR) is 129 cm³/mol. The summed E-state index contributed by atoms with van der Waals surface area (Å²) in [6.45, 7) is 7.47. The van der Waals surface area contributed by atoms with E-state index in [1.165, 1.54) is 0 Å². The van der Waals surface area contributed by atoms with Crippen molar-refractivity contribution in [2.45, 2.75) is 32.2 Å². The molecule has 2 aliphatic heterocycles. The molecule has 8 heteroatoms. The summed E-state index contributed by atoms with van der Waals surface area (Å²) in [7, 11) is 0. The van der Waals surface area contributed by atoms with Crippen molar-refractivity contribution in [2.24, 2.45) is 0 Å². The Labute approximate surface area is 194 Å². The highest BCUT2D eigenvalue weighted by molar-refractivity contribution is 5.87. The molecule has 0 spiro atoms. The number of hydrogen-bond acceptors (Lipinski definition) is 6. The van der Waals surface area contributed by atoms with Crippen molar-refractivity contribution in [3.8, 4) is 11.1 Å². The molecule has 2 N–H and O–H groups in total. The second-order valence-electron chi connectivity index (χ2n) is 8.60. The summed E-state index contributed by atoms with van der Waals surface area (Å²) in [5, 5.41) is 3.38. The molecule has 0 saturated carbocycles. The van der Waals surface area contributed by atoms with Crippen LogP contribution in [0.15, 0.2) is 47.5 Å². The average molecular weight is 452 g/mol. The molecule has 2 aromatic heterocycles. The number of aromatic nitrogens is 2. The third kappa shape index (κ3) is 6.30. The monoisotopic (exact) mass is 451 g/mol. The van der Waals surface area contributed by atoms with Crippen molar-refractivity contribution in [2.75, 3.05) is 51.3 Å². The number of aryl methyl sites for hydroxylation is 1. The van der Waals surface area contributed by atoms with Gasteiger partial charge in [-0.25, -0.2) is 0 Å². The lowest BCUT2D eigenvalue weighted by atomic mass is 10.0. The first-order valence-electron chi connectivity index (χ1n) is 11.8. The number of aromatic amines is 1. The molecule has 2 fully saturated rings. The number of anilines is 1. The van der Waals surface area contributed by atoms with Crippen LogP contribution in [0.2, 0.25) is 0 Å². The van der Waals surface area contributed by atoms with Crippen LogP contribution in [0.1, 0.15) is 25.5 Å². The van der Waals surface area contributed by atoms with Gasteiger partial charge in [-0.05, 0) is 43.0 Å². The Morgan fingerprint density at radius 1 is 1.27 bits per heavy atom. The van der Waals surface area contributed by atoms with Gasteiger partial charge in [-0.1, -0.05) is 13.0 Å². The van der Waals surface area contributed by atoms with Crippen molar-refractivity contribution in [3.05, 3.63) is 58.8 Å². The molecule has 2 aromatic rings. The number of piperidine rings is 1. The van der Waals surface area contributed by atoms with E-state index in [1.54, 1.807) is 18.5 Å². The van der Waals surface area contributed by atoms with Gasteiger partial charge in [0.25, 0.3) is 5.56 Å². The summed E-state index contributed by atoms with van der Waals surface area (Å²) in [4.78, 5) is 36.5. The van der Waals surface area contributed by atoms with E-state index in [4.69, 9.17) is 4.74 Å². The van der Waals surface area contributed by atoms with Gasteiger partial charge in [0, 0.05) is 68.5 Å². The highest BCUT2D eigenvalue weighted by Gasteiger charge is 2.23. The number of carbonyl (C=O) groups is 1. The SMILES string of the molecule is CCc1cc(-c2c[nH]c(=O)c(N[C@@H]3CCCN(C(=O)/C=C/CN4CCOCC4)C3)c2)ccn1. The molecule has 0 aliphatic carbocycles. The van der Waals surface area contributed by atoms with Crippen LogP contribution < -0.4 is 10.9 Å². The molecule has 176 valence electrons. The normalized spacial score (nSPS) is 19.7. The lowest BCUT2D eigenvalue weighted by Crippen LogP contribution is -2.45. The molecule has 2 saturated heterocycles. The summed E-state index contributed by atoms with van der Waals surface area (Å²) >= 11 is 0. The Kier molecular flexibility index (Phi) is 7.91. The fourth-order valence-electron chi connectivity index (χ4n) is 4.32. The first kappa shape index (κ1) is 23.2. The minimum absolute atomic E-state index is 0.0290. The van der Waals surface area contributed by atoms with Gasteiger partial charge in [-0.3, -0.25) is 19.5 Å². The molecule has 33 heavy (non-hydrogen) atoms. The summed E-state index contributed by atoms with van der Waals surface area (Å²) in [5.41, 5.74) is 3.34. The third-order valence-electron chi connectivity index (χ3n) is 6.24. The van der Waals surface area contributed by atoms with Gasteiger partial charge in [0.2, 0.25) is 5.91 Å². The molecule has 1 amide bonds. The fourth-order valence-corrected chi connectivity index (χ4v) is 4.32. The third-order valence-corrected chi connectivity index (χ3v) is 6.24. The molecule has 0 aromatic carbocycles. The van der Waals surface area contributed by atoms with Gasteiger partial charge < -0.3 is 19.9 Å². The second kappa shape index (κ2) is 11.2. The van der Waals surface area contributed by atoms with Gasteiger partial charge in [0.1, 0.15) is 5.69 Å². The number of rotatable bonds is 7. The maximum Gasteiger partial charge on any atom is 0.271 e. The first-order valence-corrected chi connectivity index (χ1v) is 11.8. The Balaban J connectivity index is 1.37. The van der Waals surface area contributed by atoms with E-state index in [9.17, 15) is 9.59 Å². The topological polar surface area (TPSA) is 90.6 Å². The first-order chi connectivity index (χ1) is 16.1. The van der Waals surface area contributed by atoms with Crippen LogP contribution in [0.5, 0.6) is 0 Å². The molecule has 8 nitrogen and oxygen atoms in total. The molecule has 2 aliphatic rings. The van der Waals surface area contributed by atoms with Crippen LogP contribution in [0, 0.1) is 0 Å². The number of nitrogens with one attached hydrogen (secondary N) is 2. The number of nitrogens with zero attached hydrogens (tertiary/aromatic N) is 3. The highest BCUT2D eigenvalue weighted by Crippen LogP contribution is 2.22. The minimum Gasteiger partial charge on any atom is -0.379 e. The van der Waals surface area contributed by atoms with Crippen molar-refractivity contribution < 1.29 is 9.53 Å². The van der Waals surface area contributed by atoms with Crippen LogP contribution >= 0.6 is 0 Å². The standard InChI is InChI=1S/C25H33N5O3/c1-2-21-15-19(7-8-26-21)20-16-23(25(32)27-17-20)28-22-5-3-10-30(18-22)24(31)6-4-9-29-11-13-33-14-12-29/h4,6-8,15-17,22,28H,2-3,5,9-14,18H2,1H3,(H,27,32)/b6-4+/t22-/m1/s1. The highest BCUT2D eigenvalue weighted by atomic mass is 16.5. The van der Waals surface area contributed by atoms with E-state index >= 15 is 0 Å². The van der Waals surface area contributed by atoms with Crippen molar-refractivity contribution in [3.63, 3.8) is 0 Å². The number of carbonyl (C=O) groups excluding carboxylic acids is 1. The number of H-pyrrole nitrogens is 1. The average Bonchev–Trinajstić information content (AvgIpc) is 2.86. The van der Waals surface area contributed by atoms with E-state index in [0.717, 1.165) is 75.5 Å². The molecular weight excluding hydrogens is 418 g/mol. The van der Waals surface area contributed by atoms with Gasteiger partial charge in [-0.15, -0.1) is 0 Å².